The van der Waals surface area contributed by atoms with E-state index in [1.807, 2.05) is 25.7 Å². The van der Waals surface area contributed by atoms with E-state index >= 15 is 0 Å². The van der Waals surface area contributed by atoms with E-state index < -0.39 is 5.60 Å². The highest BCUT2D eigenvalue weighted by Gasteiger charge is 2.26. The van der Waals surface area contributed by atoms with Crippen LogP contribution < -0.4 is 0 Å². The van der Waals surface area contributed by atoms with E-state index in [4.69, 9.17) is 4.74 Å². The molecule has 120 valence electrons. The van der Waals surface area contributed by atoms with Crippen LogP contribution in [0.2, 0.25) is 0 Å². The predicted octanol–water partition coefficient (Wildman–Crippen LogP) is 1.16. The van der Waals surface area contributed by atoms with Gasteiger partial charge in [-0.15, -0.1) is 0 Å². The second-order valence-electron chi connectivity index (χ2n) is 6.79. The first-order chi connectivity index (χ1) is 9.85. The molecule has 0 unspecified atom stereocenters. The smallest absolute Gasteiger partial charge is 0.410 e. The zero-order valence-corrected chi connectivity index (χ0v) is 13.4. The van der Waals surface area contributed by atoms with Crippen LogP contribution in [-0.2, 0) is 9.53 Å². The normalized spacial score (nSPS) is 21.0. The van der Waals surface area contributed by atoms with E-state index in [0.29, 0.717) is 19.5 Å². The molecule has 0 radical (unpaired) electrons. The lowest BCUT2D eigenvalue weighted by molar-refractivity contribution is -0.127. The lowest BCUT2D eigenvalue weighted by Crippen LogP contribution is -2.51. The van der Waals surface area contributed by atoms with Crippen molar-refractivity contribution in [3.05, 3.63) is 0 Å². The number of piperazine rings is 1. The zero-order chi connectivity index (χ0) is 15.5. The van der Waals surface area contributed by atoms with Crippen LogP contribution in [0.1, 0.15) is 33.6 Å². The van der Waals surface area contributed by atoms with Gasteiger partial charge >= 0.3 is 6.09 Å². The summed E-state index contributed by atoms with van der Waals surface area (Å²) in [7, 11) is 0. The minimum Gasteiger partial charge on any atom is -0.444 e. The molecule has 2 rings (SSSR count). The summed E-state index contributed by atoms with van der Waals surface area (Å²) in [6.45, 7) is 11.3. The highest BCUT2D eigenvalue weighted by molar-refractivity contribution is 5.78. The molecule has 2 saturated heterocycles. The van der Waals surface area contributed by atoms with Crippen LogP contribution in [0.5, 0.6) is 0 Å². The summed E-state index contributed by atoms with van der Waals surface area (Å²) in [5, 5.41) is 0. The lowest BCUT2D eigenvalue weighted by Gasteiger charge is -2.36. The monoisotopic (exact) mass is 297 g/mol. The molecule has 0 saturated carbocycles. The van der Waals surface area contributed by atoms with Crippen molar-refractivity contribution in [2.75, 3.05) is 45.8 Å². The number of carbonyl (C=O) groups is 2. The summed E-state index contributed by atoms with van der Waals surface area (Å²) in [6.07, 6.45) is 1.47. The zero-order valence-electron chi connectivity index (χ0n) is 13.4. The predicted molar refractivity (Wildman–Crippen MR) is 80.1 cm³/mol. The van der Waals surface area contributed by atoms with E-state index in [9.17, 15) is 9.59 Å². The fourth-order valence-electron chi connectivity index (χ4n) is 2.68. The van der Waals surface area contributed by atoms with Gasteiger partial charge in [0.15, 0.2) is 0 Å². The molecule has 0 spiro atoms. The molecule has 0 aromatic carbocycles. The van der Waals surface area contributed by atoms with E-state index in [1.54, 1.807) is 4.90 Å². The second-order valence-corrected chi connectivity index (χ2v) is 6.79. The quantitative estimate of drug-likeness (QED) is 0.784. The third kappa shape index (κ3) is 4.88. The Labute approximate surface area is 127 Å². The molecule has 0 aliphatic carbocycles. The fraction of sp³-hybridized carbons (Fsp3) is 0.867. The Morgan fingerprint density at radius 3 is 2.29 bits per heavy atom. The van der Waals surface area contributed by atoms with Crippen molar-refractivity contribution in [1.29, 1.82) is 0 Å². The van der Waals surface area contributed by atoms with Gasteiger partial charge in [0.1, 0.15) is 5.60 Å². The summed E-state index contributed by atoms with van der Waals surface area (Å²) in [6, 6.07) is 0. The molecule has 2 amide bonds. The molecule has 2 aliphatic heterocycles. The molecule has 0 N–H and O–H groups in total. The molecular weight excluding hydrogens is 270 g/mol. The Hall–Kier alpha value is -1.30. The third-order valence-corrected chi connectivity index (χ3v) is 3.88. The molecule has 0 bridgehead atoms. The van der Waals surface area contributed by atoms with Gasteiger partial charge in [0.2, 0.25) is 5.91 Å². The molecule has 2 aliphatic rings. The van der Waals surface area contributed by atoms with Gasteiger partial charge in [0.25, 0.3) is 0 Å². The number of rotatable bonds is 3. The summed E-state index contributed by atoms with van der Waals surface area (Å²) in [5.41, 5.74) is -0.440. The average molecular weight is 297 g/mol. The van der Waals surface area contributed by atoms with Gasteiger partial charge in [-0.25, -0.2) is 4.79 Å². The average Bonchev–Trinajstić information content (AvgIpc) is 2.80. The molecule has 6 heteroatoms. The molecular formula is C15H27N3O3. The number of hydrogen-bond acceptors (Lipinski definition) is 4. The number of hydrogen-bond donors (Lipinski definition) is 0. The molecule has 2 heterocycles. The Morgan fingerprint density at radius 2 is 1.76 bits per heavy atom. The van der Waals surface area contributed by atoms with Crippen LogP contribution in [0.3, 0.4) is 0 Å². The number of ether oxygens (including phenoxy) is 1. The lowest BCUT2D eigenvalue weighted by atomic mass is 10.2. The number of amides is 2. The van der Waals surface area contributed by atoms with Gasteiger partial charge in [-0.2, -0.15) is 0 Å². The molecule has 0 aromatic heterocycles. The minimum absolute atomic E-state index is 0.225. The van der Waals surface area contributed by atoms with Gasteiger partial charge in [-0.1, -0.05) is 0 Å². The first kappa shape index (κ1) is 16.1. The van der Waals surface area contributed by atoms with Crippen molar-refractivity contribution in [2.24, 2.45) is 0 Å². The van der Waals surface area contributed by atoms with E-state index in [1.165, 1.54) is 0 Å². The van der Waals surface area contributed by atoms with Gasteiger partial charge in [-0.05, 0) is 27.2 Å². The van der Waals surface area contributed by atoms with Crippen LogP contribution >= 0.6 is 0 Å². The first-order valence-corrected chi connectivity index (χ1v) is 7.83. The summed E-state index contributed by atoms with van der Waals surface area (Å²) < 4.78 is 5.38. The minimum atomic E-state index is -0.440. The Morgan fingerprint density at radius 1 is 1.10 bits per heavy atom. The molecule has 6 nitrogen and oxygen atoms in total. The largest absolute Gasteiger partial charge is 0.444 e. The number of nitrogens with zero attached hydrogens (tertiary/aromatic N) is 3. The Balaban J connectivity index is 1.68. The van der Waals surface area contributed by atoms with Crippen molar-refractivity contribution < 1.29 is 14.3 Å². The molecule has 2 fully saturated rings. The fourth-order valence-corrected chi connectivity index (χ4v) is 2.68. The number of likely N-dealkylation sites (tertiary alicyclic amines) is 1. The van der Waals surface area contributed by atoms with Gasteiger partial charge in [0.05, 0.1) is 0 Å². The van der Waals surface area contributed by atoms with Crippen LogP contribution in [-0.4, -0.2) is 78.1 Å². The van der Waals surface area contributed by atoms with Crippen molar-refractivity contribution >= 4 is 12.0 Å². The molecule has 0 aromatic rings. The molecule has 0 atom stereocenters. The first-order valence-electron chi connectivity index (χ1n) is 7.83. The third-order valence-electron chi connectivity index (χ3n) is 3.88. The molecule has 21 heavy (non-hydrogen) atoms. The standard InChI is InChI=1S/C15H27N3O3/c1-15(2,3)21-14(20)18-11-8-16(9-12-18)7-10-17-6-4-5-13(17)19/h4-12H2,1-3H3. The summed E-state index contributed by atoms with van der Waals surface area (Å²) in [4.78, 5) is 29.5. The SMILES string of the molecule is CC(C)(C)OC(=O)N1CCN(CCN2CCCC2=O)CC1. The summed E-state index contributed by atoms with van der Waals surface area (Å²) in [5.74, 6) is 0.280. The van der Waals surface area contributed by atoms with Crippen LogP contribution in [0, 0.1) is 0 Å². The number of carbonyl (C=O) groups excluding carboxylic acids is 2. The van der Waals surface area contributed by atoms with E-state index in [0.717, 1.165) is 39.1 Å². The van der Waals surface area contributed by atoms with E-state index in [2.05, 4.69) is 4.90 Å². The van der Waals surface area contributed by atoms with Crippen molar-refractivity contribution in [1.82, 2.24) is 14.7 Å². The van der Waals surface area contributed by atoms with E-state index in [-0.39, 0.29) is 12.0 Å². The maximum Gasteiger partial charge on any atom is 0.410 e. The maximum atomic E-state index is 12.0. The van der Waals surface area contributed by atoms with Crippen molar-refractivity contribution in [2.45, 2.75) is 39.2 Å². The summed E-state index contributed by atoms with van der Waals surface area (Å²) >= 11 is 0. The van der Waals surface area contributed by atoms with Crippen molar-refractivity contribution in [3.8, 4) is 0 Å². The van der Waals surface area contributed by atoms with Gasteiger partial charge in [-0.3, -0.25) is 9.69 Å². The van der Waals surface area contributed by atoms with Crippen LogP contribution in [0.25, 0.3) is 0 Å². The second kappa shape index (κ2) is 6.64. The van der Waals surface area contributed by atoms with Gasteiger partial charge < -0.3 is 14.5 Å². The Bertz CT molecular complexity index is 384. The van der Waals surface area contributed by atoms with Gasteiger partial charge in [0, 0.05) is 52.2 Å². The van der Waals surface area contributed by atoms with Crippen molar-refractivity contribution in [3.63, 3.8) is 0 Å². The van der Waals surface area contributed by atoms with Crippen LogP contribution in [0.15, 0.2) is 0 Å². The van der Waals surface area contributed by atoms with Crippen LogP contribution in [0.4, 0.5) is 4.79 Å². The highest BCUT2D eigenvalue weighted by atomic mass is 16.6. The topological polar surface area (TPSA) is 53.1 Å². The Kier molecular flexibility index (Phi) is 5.08. The maximum absolute atomic E-state index is 12.0. The highest BCUT2D eigenvalue weighted by Crippen LogP contribution is 2.13.